The summed E-state index contributed by atoms with van der Waals surface area (Å²) in [6, 6.07) is 21.9. The molecular formula is C20H15ClN2O. The number of allylic oxidation sites excluding steroid dienone is 1. The number of nitrogens with one attached hydrogen (secondary N) is 1. The molecule has 0 amide bonds. The van der Waals surface area contributed by atoms with Crippen LogP contribution < -0.4 is 5.32 Å². The molecule has 0 fully saturated rings. The molecule has 0 saturated carbocycles. The first-order chi connectivity index (χ1) is 11.7. The van der Waals surface area contributed by atoms with Crippen LogP contribution in [0.3, 0.4) is 0 Å². The molecule has 0 saturated heterocycles. The number of anilines is 1. The summed E-state index contributed by atoms with van der Waals surface area (Å²) in [6.07, 6.45) is 3.35. The van der Waals surface area contributed by atoms with E-state index in [0.717, 1.165) is 5.69 Å². The molecule has 2 aromatic carbocycles. The van der Waals surface area contributed by atoms with Crippen LogP contribution in [0.25, 0.3) is 5.57 Å². The summed E-state index contributed by atoms with van der Waals surface area (Å²) >= 11 is 5.89. The standard InChI is InChI=1S/C20H15ClN2O/c21-16-9-11-17(12-10-16)23-14-18(19-8-4-5-13-22-19)20(24)15-6-2-1-3-7-15/h1-14,23H. The number of carbonyl (C=O) groups excluding carboxylic acids is 1. The fourth-order valence-corrected chi connectivity index (χ4v) is 2.35. The highest BCUT2D eigenvalue weighted by atomic mass is 35.5. The largest absolute Gasteiger partial charge is 0.361 e. The van der Waals surface area contributed by atoms with Crippen LogP contribution in [0.4, 0.5) is 5.69 Å². The molecule has 1 N–H and O–H groups in total. The van der Waals surface area contributed by atoms with Crippen LogP contribution in [-0.4, -0.2) is 10.8 Å². The molecule has 0 aliphatic rings. The Morgan fingerprint density at radius 2 is 1.62 bits per heavy atom. The van der Waals surface area contributed by atoms with Crippen molar-refractivity contribution >= 4 is 28.6 Å². The maximum Gasteiger partial charge on any atom is 0.196 e. The van der Waals surface area contributed by atoms with Gasteiger partial charge in [-0.3, -0.25) is 9.78 Å². The Morgan fingerprint density at radius 1 is 0.917 bits per heavy atom. The molecule has 0 spiro atoms. The molecule has 1 aromatic heterocycles. The number of benzene rings is 2. The zero-order valence-corrected chi connectivity index (χ0v) is 13.6. The third-order valence-corrected chi connectivity index (χ3v) is 3.70. The van der Waals surface area contributed by atoms with Gasteiger partial charge in [-0.15, -0.1) is 0 Å². The summed E-state index contributed by atoms with van der Waals surface area (Å²) < 4.78 is 0. The number of rotatable bonds is 5. The van der Waals surface area contributed by atoms with Crippen LogP contribution in [0, 0.1) is 0 Å². The molecular weight excluding hydrogens is 320 g/mol. The van der Waals surface area contributed by atoms with Crippen LogP contribution in [-0.2, 0) is 0 Å². The Morgan fingerprint density at radius 3 is 2.29 bits per heavy atom. The maximum atomic E-state index is 12.9. The van der Waals surface area contributed by atoms with E-state index >= 15 is 0 Å². The van der Waals surface area contributed by atoms with Crippen LogP contribution in [0.2, 0.25) is 5.02 Å². The molecule has 3 nitrogen and oxygen atoms in total. The quantitative estimate of drug-likeness (QED) is 0.523. The number of hydrogen-bond donors (Lipinski definition) is 1. The molecule has 0 bridgehead atoms. The summed E-state index contributed by atoms with van der Waals surface area (Å²) in [5.41, 5.74) is 2.57. The van der Waals surface area contributed by atoms with E-state index in [0.29, 0.717) is 21.9 Å². The molecule has 0 atom stereocenters. The fourth-order valence-electron chi connectivity index (χ4n) is 2.22. The smallest absolute Gasteiger partial charge is 0.196 e. The minimum Gasteiger partial charge on any atom is -0.361 e. The summed E-state index contributed by atoms with van der Waals surface area (Å²) in [6.45, 7) is 0. The second kappa shape index (κ2) is 7.57. The predicted octanol–water partition coefficient (Wildman–Crippen LogP) is 5.07. The summed E-state index contributed by atoms with van der Waals surface area (Å²) in [5, 5.41) is 3.80. The van der Waals surface area contributed by atoms with Gasteiger partial charge in [-0.1, -0.05) is 48.0 Å². The van der Waals surface area contributed by atoms with E-state index in [1.54, 1.807) is 36.7 Å². The molecule has 0 radical (unpaired) electrons. The average Bonchev–Trinajstić information content (AvgIpc) is 2.65. The van der Waals surface area contributed by atoms with Crippen molar-refractivity contribution in [3.63, 3.8) is 0 Å². The van der Waals surface area contributed by atoms with Crippen LogP contribution in [0.1, 0.15) is 16.1 Å². The lowest BCUT2D eigenvalue weighted by Crippen LogP contribution is -2.06. The number of pyridine rings is 1. The van der Waals surface area contributed by atoms with Crippen molar-refractivity contribution in [3.05, 3.63) is 101 Å². The van der Waals surface area contributed by atoms with Crippen LogP contribution in [0.5, 0.6) is 0 Å². The minimum atomic E-state index is -0.0873. The van der Waals surface area contributed by atoms with Crippen molar-refractivity contribution in [1.29, 1.82) is 0 Å². The zero-order chi connectivity index (χ0) is 16.8. The number of Topliss-reactive ketones (excluding diaryl/α,β-unsaturated/α-hetero) is 1. The van der Waals surface area contributed by atoms with Gasteiger partial charge >= 0.3 is 0 Å². The number of ketones is 1. The molecule has 0 unspecified atom stereocenters. The molecule has 3 aromatic rings. The Balaban J connectivity index is 1.94. The van der Waals surface area contributed by atoms with Gasteiger partial charge < -0.3 is 5.32 Å². The van der Waals surface area contributed by atoms with Crippen LogP contribution >= 0.6 is 11.6 Å². The van der Waals surface area contributed by atoms with Crippen molar-refractivity contribution in [1.82, 2.24) is 4.98 Å². The van der Waals surface area contributed by atoms with E-state index in [-0.39, 0.29) is 5.78 Å². The molecule has 1 heterocycles. The number of hydrogen-bond acceptors (Lipinski definition) is 3. The van der Waals surface area contributed by atoms with E-state index in [9.17, 15) is 4.79 Å². The lowest BCUT2D eigenvalue weighted by Gasteiger charge is -2.08. The molecule has 3 rings (SSSR count). The predicted molar refractivity (Wildman–Crippen MR) is 98.1 cm³/mol. The van der Waals surface area contributed by atoms with Crippen molar-refractivity contribution in [3.8, 4) is 0 Å². The van der Waals surface area contributed by atoms with Gasteiger partial charge in [0, 0.05) is 28.7 Å². The van der Waals surface area contributed by atoms with E-state index in [1.807, 2.05) is 48.5 Å². The number of aromatic nitrogens is 1. The van der Waals surface area contributed by atoms with Gasteiger partial charge in [0.15, 0.2) is 5.78 Å². The van der Waals surface area contributed by atoms with Crippen LogP contribution in [0.15, 0.2) is 85.2 Å². The number of carbonyl (C=O) groups is 1. The first-order valence-electron chi connectivity index (χ1n) is 7.47. The Labute approximate surface area is 145 Å². The van der Waals surface area contributed by atoms with Gasteiger partial charge in [0.25, 0.3) is 0 Å². The monoisotopic (exact) mass is 334 g/mol. The van der Waals surface area contributed by atoms with Crippen molar-refractivity contribution in [2.75, 3.05) is 5.32 Å². The highest BCUT2D eigenvalue weighted by Gasteiger charge is 2.15. The van der Waals surface area contributed by atoms with E-state index in [4.69, 9.17) is 11.6 Å². The highest BCUT2D eigenvalue weighted by molar-refractivity contribution is 6.30. The fraction of sp³-hybridized carbons (Fsp3) is 0. The Bertz CT molecular complexity index is 844. The lowest BCUT2D eigenvalue weighted by molar-refractivity contribution is 0.105. The molecule has 118 valence electrons. The van der Waals surface area contributed by atoms with Gasteiger partial charge in [-0.25, -0.2) is 0 Å². The summed E-state index contributed by atoms with van der Waals surface area (Å²) in [5.74, 6) is -0.0873. The maximum absolute atomic E-state index is 12.9. The number of halogens is 1. The van der Waals surface area contributed by atoms with Gasteiger partial charge in [0.1, 0.15) is 0 Å². The molecule has 0 aliphatic heterocycles. The zero-order valence-electron chi connectivity index (χ0n) is 12.8. The summed E-state index contributed by atoms with van der Waals surface area (Å²) in [7, 11) is 0. The van der Waals surface area contributed by atoms with E-state index in [1.165, 1.54) is 0 Å². The molecule has 24 heavy (non-hydrogen) atoms. The normalized spacial score (nSPS) is 11.1. The molecule has 4 heteroatoms. The Kier molecular flexibility index (Phi) is 5.04. The minimum absolute atomic E-state index is 0.0873. The third-order valence-electron chi connectivity index (χ3n) is 3.45. The van der Waals surface area contributed by atoms with E-state index < -0.39 is 0 Å². The van der Waals surface area contributed by atoms with Gasteiger partial charge in [0.05, 0.1) is 11.3 Å². The van der Waals surface area contributed by atoms with Gasteiger partial charge in [0.2, 0.25) is 0 Å². The Hall–Kier alpha value is -2.91. The van der Waals surface area contributed by atoms with Gasteiger partial charge in [-0.05, 0) is 36.4 Å². The SMILES string of the molecule is O=C(C(=CNc1ccc(Cl)cc1)c1ccccn1)c1ccccc1. The highest BCUT2D eigenvalue weighted by Crippen LogP contribution is 2.19. The molecule has 0 aliphatic carbocycles. The first-order valence-corrected chi connectivity index (χ1v) is 7.85. The average molecular weight is 335 g/mol. The number of nitrogens with zero attached hydrogens (tertiary/aromatic N) is 1. The van der Waals surface area contributed by atoms with Crippen molar-refractivity contribution in [2.45, 2.75) is 0 Å². The van der Waals surface area contributed by atoms with Crippen molar-refractivity contribution in [2.24, 2.45) is 0 Å². The topological polar surface area (TPSA) is 42.0 Å². The second-order valence-corrected chi connectivity index (χ2v) is 5.56. The van der Waals surface area contributed by atoms with Gasteiger partial charge in [-0.2, -0.15) is 0 Å². The first kappa shape index (κ1) is 16.0. The third kappa shape index (κ3) is 3.89. The van der Waals surface area contributed by atoms with Crippen molar-refractivity contribution < 1.29 is 4.79 Å². The summed E-state index contributed by atoms with van der Waals surface area (Å²) in [4.78, 5) is 17.2. The van der Waals surface area contributed by atoms with E-state index in [2.05, 4.69) is 10.3 Å². The lowest BCUT2D eigenvalue weighted by atomic mass is 10.0. The second-order valence-electron chi connectivity index (χ2n) is 5.12.